The quantitative estimate of drug-likeness (QED) is 0.701. The van der Waals surface area contributed by atoms with Gasteiger partial charge in [0.2, 0.25) is 0 Å². The van der Waals surface area contributed by atoms with Gasteiger partial charge in [-0.15, -0.1) is 11.3 Å². The van der Waals surface area contributed by atoms with E-state index in [0.717, 1.165) is 23.3 Å². The maximum atomic E-state index is 10.3. The minimum absolute atomic E-state index is 0.0297. The highest BCUT2D eigenvalue weighted by atomic mass is 32.1. The zero-order valence-corrected chi connectivity index (χ0v) is 14.8. The Morgan fingerprint density at radius 3 is 2.56 bits per heavy atom. The lowest BCUT2D eigenvalue weighted by molar-refractivity contribution is 0.415. The van der Waals surface area contributed by atoms with Crippen LogP contribution in [0.4, 0.5) is 0 Å². The molecule has 1 aliphatic heterocycles. The van der Waals surface area contributed by atoms with E-state index in [4.69, 9.17) is 4.99 Å². The fraction of sp³-hybridized carbons (Fsp3) is 0.190. The van der Waals surface area contributed by atoms with Crippen molar-refractivity contribution in [3.8, 4) is 5.75 Å². The van der Waals surface area contributed by atoms with Crippen LogP contribution in [-0.2, 0) is 0 Å². The van der Waals surface area contributed by atoms with Gasteiger partial charge in [0.1, 0.15) is 11.9 Å². The van der Waals surface area contributed by atoms with Crippen LogP contribution in [0, 0.1) is 6.92 Å². The van der Waals surface area contributed by atoms with Gasteiger partial charge in [-0.1, -0.05) is 54.1 Å². The number of aryl methyl sites for hydroxylation is 1. The highest BCUT2D eigenvalue weighted by Gasteiger charge is 2.27. The summed E-state index contributed by atoms with van der Waals surface area (Å²) < 4.78 is 0. The van der Waals surface area contributed by atoms with Crippen molar-refractivity contribution in [1.29, 1.82) is 0 Å². The SMILES string of the molecule is Cc1ccc(C2=N[C@@H](c3cccs3)N[C@H](c3ccccc3O)C2)cc1. The average molecular weight is 348 g/mol. The molecule has 2 aromatic carbocycles. The number of rotatable bonds is 3. The Labute approximate surface area is 151 Å². The molecule has 3 aromatic rings. The maximum absolute atomic E-state index is 10.3. The van der Waals surface area contributed by atoms with E-state index in [9.17, 15) is 5.11 Å². The minimum atomic E-state index is -0.0883. The molecular weight excluding hydrogens is 328 g/mol. The number of benzene rings is 2. The summed E-state index contributed by atoms with van der Waals surface area (Å²) in [6.45, 7) is 2.09. The number of nitrogens with zero attached hydrogens (tertiary/aromatic N) is 1. The summed E-state index contributed by atoms with van der Waals surface area (Å²) >= 11 is 1.70. The summed E-state index contributed by atoms with van der Waals surface area (Å²) in [5.74, 6) is 0.329. The first-order chi connectivity index (χ1) is 12.2. The lowest BCUT2D eigenvalue weighted by Gasteiger charge is -2.30. The van der Waals surface area contributed by atoms with E-state index in [1.807, 2.05) is 24.3 Å². The van der Waals surface area contributed by atoms with Crippen LogP contribution >= 0.6 is 11.3 Å². The molecule has 2 N–H and O–H groups in total. The Balaban J connectivity index is 1.74. The van der Waals surface area contributed by atoms with Gasteiger partial charge in [-0.05, 0) is 30.0 Å². The van der Waals surface area contributed by atoms with E-state index in [1.54, 1.807) is 17.4 Å². The lowest BCUT2D eigenvalue weighted by Crippen LogP contribution is -2.32. The highest BCUT2D eigenvalue weighted by molar-refractivity contribution is 7.10. The number of phenols is 1. The molecular formula is C21H20N2OS. The normalized spacial score (nSPS) is 20.3. The second-order valence-electron chi connectivity index (χ2n) is 6.34. The third kappa shape index (κ3) is 3.36. The van der Waals surface area contributed by atoms with Crippen LogP contribution in [0.5, 0.6) is 5.75 Å². The van der Waals surface area contributed by atoms with Crippen molar-refractivity contribution in [2.24, 2.45) is 4.99 Å². The molecule has 0 radical (unpaired) electrons. The molecule has 0 fully saturated rings. The van der Waals surface area contributed by atoms with Gasteiger partial charge in [-0.3, -0.25) is 10.3 Å². The van der Waals surface area contributed by atoms with E-state index in [0.29, 0.717) is 5.75 Å². The third-order valence-corrected chi connectivity index (χ3v) is 5.48. The number of aromatic hydroxyl groups is 1. The zero-order valence-electron chi connectivity index (χ0n) is 14.0. The van der Waals surface area contributed by atoms with Gasteiger partial charge in [0.25, 0.3) is 0 Å². The fourth-order valence-corrected chi connectivity index (χ4v) is 3.92. The van der Waals surface area contributed by atoms with E-state index < -0.39 is 0 Å². The van der Waals surface area contributed by atoms with Crippen LogP contribution in [-0.4, -0.2) is 10.8 Å². The number of phenolic OH excluding ortho intramolecular Hbond substituents is 1. The summed E-state index contributed by atoms with van der Waals surface area (Å²) in [6.07, 6.45) is 0.664. The Kier molecular flexibility index (Phi) is 4.38. The summed E-state index contributed by atoms with van der Waals surface area (Å²) in [6, 6.07) is 20.2. The summed E-state index contributed by atoms with van der Waals surface area (Å²) in [7, 11) is 0. The average Bonchev–Trinajstić information content (AvgIpc) is 3.17. The Morgan fingerprint density at radius 2 is 1.84 bits per heavy atom. The van der Waals surface area contributed by atoms with Gasteiger partial charge in [0.15, 0.2) is 0 Å². The first-order valence-corrected chi connectivity index (χ1v) is 9.30. The van der Waals surface area contributed by atoms with Gasteiger partial charge in [-0.25, -0.2) is 0 Å². The van der Waals surface area contributed by atoms with E-state index in [1.165, 1.54) is 10.4 Å². The highest BCUT2D eigenvalue weighted by Crippen LogP contribution is 2.35. The summed E-state index contributed by atoms with van der Waals surface area (Å²) in [4.78, 5) is 6.15. The standard InChI is InChI=1S/C21H20N2OS/c1-14-8-10-15(11-9-14)17-13-18(16-5-2-3-6-19(16)24)23-21(22-17)20-7-4-12-25-20/h2-12,18,21,23-24H,13H2,1H3/t18-,21+/m0/s1. The topological polar surface area (TPSA) is 44.6 Å². The third-order valence-electron chi connectivity index (χ3n) is 4.55. The summed E-state index contributed by atoms with van der Waals surface area (Å²) in [5.41, 5.74) is 4.38. The molecule has 0 bridgehead atoms. The molecule has 3 nitrogen and oxygen atoms in total. The predicted molar refractivity (Wildman–Crippen MR) is 103 cm³/mol. The number of aliphatic imine (C=N–C) groups is 1. The van der Waals surface area contributed by atoms with Crippen molar-refractivity contribution in [3.63, 3.8) is 0 Å². The van der Waals surface area contributed by atoms with Gasteiger partial charge >= 0.3 is 0 Å². The van der Waals surface area contributed by atoms with E-state index in [-0.39, 0.29) is 12.2 Å². The molecule has 0 amide bonds. The summed E-state index contributed by atoms with van der Waals surface area (Å²) in [5, 5.41) is 16.0. The molecule has 0 spiro atoms. The van der Waals surface area contributed by atoms with Crippen molar-refractivity contribution in [2.45, 2.75) is 25.6 Å². The molecule has 2 atom stereocenters. The molecule has 126 valence electrons. The molecule has 4 heteroatoms. The second kappa shape index (κ2) is 6.82. The van der Waals surface area contributed by atoms with Gasteiger partial charge in [0.05, 0.1) is 0 Å². The predicted octanol–water partition coefficient (Wildman–Crippen LogP) is 4.98. The van der Waals surface area contributed by atoms with E-state index >= 15 is 0 Å². The van der Waals surface area contributed by atoms with Crippen LogP contribution in [0.25, 0.3) is 0 Å². The largest absolute Gasteiger partial charge is 0.508 e. The zero-order chi connectivity index (χ0) is 17.2. The first kappa shape index (κ1) is 16.1. The van der Waals surface area contributed by atoms with Crippen LogP contribution in [0.1, 0.15) is 40.2 Å². The Hall–Kier alpha value is -2.43. The number of hydrogen-bond donors (Lipinski definition) is 2. The number of thiophene rings is 1. The van der Waals surface area contributed by atoms with Gasteiger partial charge in [-0.2, -0.15) is 0 Å². The Morgan fingerprint density at radius 1 is 1.04 bits per heavy atom. The van der Waals surface area contributed by atoms with Gasteiger partial charge in [0, 0.05) is 28.6 Å². The molecule has 0 unspecified atom stereocenters. The molecule has 1 aliphatic rings. The molecule has 4 rings (SSSR count). The van der Waals surface area contributed by atoms with Crippen LogP contribution in [0.15, 0.2) is 71.0 Å². The first-order valence-electron chi connectivity index (χ1n) is 8.42. The number of hydrogen-bond acceptors (Lipinski definition) is 4. The Bertz CT molecular complexity index is 885. The smallest absolute Gasteiger partial charge is 0.135 e. The van der Waals surface area contributed by atoms with Crippen LogP contribution in [0.2, 0.25) is 0 Å². The maximum Gasteiger partial charge on any atom is 0.135 e. The van der Waals surface area contributed by atoms with E-state index in [2.05, 4.69) is 48.0 Å². The molecule has 25 heavy (non-hydrogen) atoms. The van der Waals surface area contributed by atoms with Gasteiger partial charge < -0.3 is 5.11 Å². The lowest BCUT2D eigenvalue weighted by atomic mass is 9.94. The van der Waals surface area contributed by atoms with Crippen molar-refractivity contribution in [1.82, 2.24) is 5.32 Å². The van der Waals surface area contributed by atoms with Crippen molar-refractivity contribution in [2.75, 3.05) is 0 Å². The minimum Gasteiger partial charge on any atom is -0.508 e. The van der Waals surface area contributed by atoms with Crippen LogP contribution < -0.4 is 5.32 Å². The monoisotopic (exact) mass is 348 g/mol. The van der Waals surface area contributed by atoms with Crippen molar-refractivity contribution in [3.05, 3.63) is 87.6 Å². The molecule has 0 saturated heterocycles. The molecule has 0 saturated carbocycles. The number of para-hydroxylation sites is 1. The fourth-order valence-electron chi connectivity index (χ4n) is 3.20. The molecule has 0 aliphatic carbocycles. The van der Waals surface area contributed by atoms with Crippen LogP contribution in [0.3, 0.4) is 0 Å². The second-order valence-corrected chi connectivity index (χ2v) is 7.32. The van der Waals surface area contributed by atoms with Crippen molar-refractivity contribution < 1.29 is 5.11 Å². The number of nitrogens with one attached hydrogen (secondary N) is 1. The molecule has 1 aromatic heterocycles. The molecule has 2 heterocycles. The van der Waals surface area contributed by atoms with Crippen molar-refractivity contribution >= 4 is 17.0 Å².